The number of hydrogen-bond acceptors (Lipinski definition) is 4. The maximum atomic E-state index is 5.78. The van der Waals surface area contributed by atoms with Crippen LogP contribution in [0.4, 0.5) is 0 Å². The van der Waals surface area contributed by atoms with Crippen molar-refractivity contribution in [3.8, 4) is 11.5 Å². The van der Waals surface area contributed by atoms with Crippen LogP contribution in [-0.4, -0.2) is 55.0 Å². The van der Waals surface area contributed by atoms with E-state index >= 15 is 0 Å². The Bertz CT molecular complexity index is 770. The summed E-state index contributed by atoms with van der Waals surface area (Å²) >= 11 is 0. The quantitative estimate of drug-likeness (QED) is 0.407. The molecule has 0 aliphatic rings. The van der Waals surface area contributed by atoms with Gasteiger partial charge in [-0.15, -0.1) is 0 Å². The molecule has 0 spiro atoms. The Morgan fingerprint density at radius 1 is 1.32 bits per heavy atom. The fraction of sp³-hybridized carbons (Fsp3) is 0.524. The first-order valence-electron chi connectivity index (χ1n) is 9.65. The van der Waals surface area contributed by atoms with Crippen molar-refractivity contribution >= 4 is 5.96 Å². The molecule has 0 unspecified atom stereocenters. The molecule has 28 heavy (non-hydrogen) atoms. The van der Waals surface area contributed by atoms with Gasteiger partial charge in [0.15, 0.2) is 5.96 Å². The van der Waals surface area contributed by atoms with E-state index in [1.165, 1.54) is 5.56 Å². The van der Waals surface area contributed by atoms with Crippen LogP contribution in [0.5, 0.6) is 11.5 Å². The number of methoxy groups -OCH3 is 1. The van der Waals surface area contributed by atoms with Gasteiger partial charge >= 0.3 is 0 Å². The van der Waals surface area contributed by atoms with Crippen LogP contribution < -0.4 is 14.8 Å². The van der Waals surface area contributed by atoms with Gasteiger partial charge in [-0.1, -0.05) is 19.9 Å². The lowest BCUT2D eigenvalue weighted by Crippen LogP contribution is -2.39. The molecule has 0 fully saturated rings. The molecular formula is C21H33N5O2. The summed E-state index contributed by atoms with van der Waals surface area (Å²) in [6.07, 6.45) is 2.95. The molecule has 1 heterocycles. The fourth-order valence-electron chi connectivity index (χ4n) is 3.03. The largest absolute Gasteiger partial charge is 0.497 e. The molecule has 2 aromatic rings. The molecule has 1 aromatic carbocycles. The summed E-state index contributed by atoms with van der Waals surface area (Å²) in [5, 5.41) is 7.98. The first-order valence-corrected chi connectivity index (χ1v) is 9.65. The predicted octanol–water partition coefficient (Wildman–Crippen LogP) is 3.03. The zero-order valence-electron chi connectivity index (χ0n) is 17.9. The van der Waals surface area contributed by atoms with Crippen molar-refractivity contribution < 1.29 is 9.47 Å². The third-order valence-electron chi connectivity index (χ3n) is 4.38. The molecule has 2 rings (SSSR count). The summed E-state index contributed by atoms with van der Waals surface area (Å²) in [7, 11) is 7.46. The Hall–Kier alpha value is -2.70. The first-order chi connectivity index (χ1) is 13.4. The molecule has 0 radical (unpaired) electrons. The summed E-state index contributed by atoms with van der Waals surface area (Å²) in [4.78, 5) is 6.51. The molecule has 1 N–H and O–H groups in total. The van der Waals surface area contributed by atoms with E-state index in [0.29, 0.717) is 12.5 Å². The number of aryl methyl sites for hydroxylation is 1. The predicted molar refractivity (Wildman–Crippen MR) is 113 cm³/mol. The van der Waals surface area contributed by atoms with E-state index < -0.39 is 0 Å². The SMILES string of the molecule is CN=C(NCCCOc1cccc(OC)c1)N(C)Cc1cn(C)nc1C(C)C. The van der Waals surface area contributed by atoms with E-state index in [1.807, 2.05) is 43.0 Å². The third kappa shape index (κ3) is 6.18. The van der Waals surface area contributed by atoms with Gasteiger partial charge in [-0.3, -0.25) is 9.67 Å². The number of ether oxygens (including phenoxy) is 2. The van der Waals surface area contributed by atoms with Gasteiger partial charge in [0.2, 0.25) is 0 Å². The molecule has 7 heteroatoms. The molecule has 0 aliphatic heterocycles. The number of nitrogens with one attached hydrogen (secondary N) is 1. The fourth-order valence-corrected chi connectivity index (χ4v) is 3.03. The third-order valence-corrected chi connectivity index (χ3v) is 4.38. The number of nitrogens with zero attached hydrogens (tertiary/aromatic N) is 4. The second-order valence-corrected chi connectivity index (χ2v) is 7.08. The molecule has 7 nitrogen and oxygen atoms in total. The Morgan fingerprint density at radius 3 is 2.75 bits per heavy atom. The van der Waals surface area contributed by atoms with Gasteiger partial charge < -0.3 is 19.7 Å². The van der Waals surface area contributed by atoms with E-state index in [9.17, 15) is 0 Å². The van der Waals surface area contributed by atoms with Gasteiger partial charge in [0.05, 0.1) is 19.4 Å². The smallest absolute Gasteiger partial charge is 0.193 e. The van der Waals surface area contributed by atoms with Gasteiger partial charge in [0.25, 0.3) is 0 Å². The number of benzene rings is 1. The summed E-state index contributed by atoms with van der Waals surface area (Å²) in [6.45, 7) is 6.51. The number of aromatic nitrogens is 2. The normalized spacial score (nSPS) is 11.6. The van der Waals surface area contributed by atoms with Crippen molar-refractivity contribution in [1.82, 2.24) is 20.0 Å². The lowest BCUT2D eigenvalue weighted by Gasteiger charge is -2.22. The number of guanidine groups is 1. The van der Waals surface area contributed by atoms with Crippen LogP contribution in [0, 0.1) is 0 Å². The first kappa shape index (κ1) is 21.6. The molecule has 0 atom stereocenters. The van der Waals surface area contributed by atoms with Crippen LogP contribution in [0.1, 0.15) is 37.4 Å². The van der Waals surface area contributed by atoms with Crippen LogP contribution in [0.25, 0.3) is 0 Å². The number of hydrogen-bond donors (Lipinski definition) is 1. The van der Waals surface area contributed by atoms with Crippen molar-refractivity contribution in [2.24, 2.45) is 12.0 Å². The summed E-state index contributed by atoms with van der Waals surface area (Å²) in [6, 6.07) is 7.65. The van der Waals surface area contributed by atoms with Crippen molar-refractivity contribution in [1.29, 1.82) is 0 Å². The van der Waals surface area contributed by atoms with Crippen molar-refractivity contribution in [3.05, 3.63) is 41.7 Å². The van der Waals surface area contributed by atoms with Crippen LogP contribution in [-0.2, 0) is 13.6 Å². The van der Waals surface area contributed by atoms with Gasteiger partial charge in [0.1, 0.15) is 11.5 Å². The second kappa shape index (κ2) is 10.6. The van der Waals surface area contributed by atoms with Gasteiger partial charge in [0, 0.05) is 52.1 Å². The zero-order valence-corrected chi connectivity index (χ0v) is 17.9. The second-order valence-electron chi connectivity index (χ2n) is 7.08. The average Bonchev–Trinajstić information content (AvgIpc) is 3.05. The summed E-state index contributed by atoms with van der Waals surface area (Å²) < 4.78 is 12.9. The zero-order chi connectivity index (χ0) is 20.5. The van der Waals surface area contributed by atoms with E-state index in [2.05, 4.69) is 40.4 Å². The van der Waals surface area contributed by atoms with Gasteiger partial charge in [-0.25, -0.2) is 0 Å². The maximum absolute atomic E-state index is 5.78. The molecular weight excluding hydrogens is 354 g/mol. The highest BCUT2D eigenvalue weighted by Gasteiger charge is 2.14. The molecule has 0 aliphatic carbocycles. The lowest BCUT2D eigenvalue weighted by atomic mass is 10.1. The van der Waals surface area contributed by atoms with E-state index in [1.54, 1.807) is 14.2 Å². The van der Waals surface area contributed by atoms with Crippen LogP contribution in [0.15, 0.2) is 35.5 Å². The summed E-state index contributed by atoms with van der Waals surface area (Å²) in [5.74, 6) is 2.88. The minimum Gasteiger partial charge on any atom is -0.497 e. The molecule has 1 aromatic heterocycles. The van der Waals surface area contributed by atoms with Gasteiger partial charge in [-0.05, 0) is 24.5 Å². The van der Waals surface area contributed by atoms with E-state index in [-0.39, 0.29) is 0 Å². The number of aliphatic imine (C=N–C) groups is 1. The molecule has 0 amide bonds. The Labute approximate surface area is 168 Å². The topological polar surface area (TPSA) is 63.9 Å². The van der Waals surface area contributed by atoms with Crippen molar-refractivity contribution in [3.63, 3.8) is 0 Å². The standard InChI is InChI=1S/C21H33N5O2/c1-16(2)20-17(15-26(5)24-20)14-25(4)21(22-3)23-11-8-12-28-19-10-7-9-18(13-19)27-6/h7,9-10,13,15-16H,8,11-12,14H2,1-6H3,(H,22,23). The van der Waals surface area contributed by atoms with Crippen molar-refractivity contribution in [2.75, 3.05) is 34.4 Å². The lowest BCUT2D eigenvalue weighted by molar-refractivity contribution is 0.307. The van der Waals surface area contributed by atoms with Crippen LogP contribution in [0.2, 0.25) is 0 Å². The Morgan fingerprint density at radius 2 is 2.07 bits per heavy atom. The Balaban J connectivity index is 1.79. The monoisotopic (exact) mass is 387 g/mol. The molecule has 0 saturated carbocycles. The average molecular weight is 388 g/mol. The van der Waals surface area contributed by atoms with E-state index in [4.69, 9.17) is 9.47 Å². The highest BCUT2D eigenvalue weighted by Crippen LogP contribution is 2.19. The Kier molecular flexibility index (Phi) is 8.17. The highest BCUT2D eigenvalue weighted by atomic mass is 16.5. The molecule has 0 saturated heterocycles. The van der Waals surface area contributed by atoms with Gasteiger partial charge in [-0.2, -0.15) is 5.10 Å². The minimum absolute atomic E-state index is 0.397. The highest BCUT2D eigenvalue weighted by molar-refractivity contribution is 5.79. The van der Waals surface area contributed by atoms with Crippen LogP contribution in [0.3, 0.4) is 0 Å². The summed E-state index contributed by atoms with van der Waals surface area (Å²) in [5.41, 5.74) is 2.36. The number of rotatable bonds is 9. The van der Waals surface area contributed by atoms with Crippen LogP contribution >= 0.6 is 0 Å². The molecule has 154 valence electrons. The maximum Gasteiger partial charge on any atom is 0.193 e. The van der Waals surface area contributed by atoms with E-state index in [0.717, 1.165) is 42.7 Å². The minimum atomic E-state index is 0.397. The molecule has 0 bridgehead atoms. The van der Waals surface area contributed by atoms with Crippen molar-refractivity contribution in [2.45, 2.75) is 32.7 Å².